The summed E-state index contributed by atoms with van der Waals surface area (Å²) in [4.78, 5) is -0.919. The van der Waals surface area contributed by atoms with Crippen molar-refractivity contribution >= 4 is 15.9 Å². The van der Waals surface area contributed by atoms with Crippen LogP contribution in [0.15, 0.2) is 30.3 Å². The molecule has 2 aromatic rings. The van der Waals surface area contributed by atoms with E-state index in [4.69, 9.17) is 0 Å². The van der Waals surface area contributed by atoms with Gasteiger partial charge in [-0.3, -0.25) is 0 Å². The average Bonchev–Trinajstić information content (AvgIpc) is 2.39. The Morgan fingerprint density at radius 1 is 0.737 bits per heavy atom. The van der Waals surface area contributed by atoms with Crippen LogP contribution in [-0.4, -0.2) is 0 Å². The molecule has 2 rings (SSSR count). The van der Waals surface area contributed by atoms with E-state index in [1.54, 1.807) is 0 Å². The van der Waals surface area contributed by atoms with Crippen LogP contribution in [-0.2, 0) is 0 Å². The lowest BCUT2D eigenvalue weighted by atomic mass is 10.0. The first-order chi connectivity index (χ1) is 8.91. The van der Waals surface area contributed by atoms with Crippen molar-refractivity contribution in [2.24, 2.45) is 0 Å². The van der Waals surface area contributed by atoms with Crippen molar-refractivity contribution in [3.8, 4) is 0 Å². The van der Waals surface area contributed by atoms with Crippen molar-refractivity contribution in [2.75, 3.05) is 0 Å². The fourth-order valence-corrected chi connectivity index (χ4v) is 2.22. The first kappa shape index (κ1) is 14.0. The summed E-state index contributed by atoms with van der Waals surface area (Å²) in [5, 5.41) is 0. The van der Waals surface area contributed by atoms with Crippen molar-refractivity contribution in [3.05, 3.63) is 70.5 Å². The lowest BCUT2D eigenvalue weighted by molar-refractivity contribution is 0.442. The van der Waals surface area contributed by atoms with E-state index in [1.165, 1.54) is 6.07 Å². The second-order valence-corrected chi connectivity index (χ2v) is 4.72. The normalized spacial score (nSPS) is 12.5. The Labute approximate surface area is 114 Å². The number of halogens is 6. The summed E-state index contributed by atoms with van der Waals surface area (Å²) in [6.45, 7) is 0. The highest BCUT2D eigenvalue weighted by molar-refractivity contribution is 9.09. The van der Waals surface area contributed by atoms with Gasteiger partial charge in [-0.1, -0.05) is 28.1 Å². The van der Waals surface area contributed by atoms with Gasteiger partial charge in [0.15, 0.2) is 29.1 Å². The highest BCUT2D eigenvalue weighted by atomic mass is 79.9. The molecule has 0 radical (unpaired) electrons. The van der Waals surface area contributed by atoms with Crippen LogP contribution in [0, 0.1) is 29.1 Å². The van der Waals surface area contributed by atoms with Crippen molar-refractivity contribution in [1.82, 2.24) is 0 Å². The molecule has 0 amide bonds. The van der Waals surface area contributed by atoms with E-state index < -0.39 is 33.9 Å². The zero-order valence-electron chi connectivity index (χ0n) is 9.23. The Kier molecular flexibility index (Phi) is 3.89. The molecule has 0 bridgehead atoms. The molecule has 0 heterocycles. The predicted octanol–water partition coefficient (Wildman–Crippen LogP) is 4.87. The number of hydrogen-bond acceptors (Lipinski definition) is 0. The average molecular weight is 337 g/mol. The fourth-order valence-electron chi connectivity index (χ4n) is 1.59. The topological polar surface area (TPSA) is 0 Å². The number of hydrogen-bond donors (Lipinski definition) is 0. The van der Waals surface area contributed by atoms with Crippen LogP contribution >= 0.6 is 15.9 Å². The third-order valence-electron chi connectivity index (χ3n) is 2.57. The largest absolute Gasteiger partial charge is 0.204 e. The van der Waals surface area contributed by atoms with Gasteiger partial charge in [-0.05, 0) is 23.8 Å². The van der Waals surface area contributed by atoms with Crippen LogP contribution in [0.1, 0.15) is 16.0 Å². The van der Waals surface area contributed by atoms with Crippen LogP contribution in [0.25, 0.3) is 0 Å². The minimum absolute atomic E-state index is 0.184. The Bertz CT molecular complexity index is 627. The SMILES string of the molecule is Fc1ccc(C(Br)c2ccc(F)c(F)c2F)cc1F. The van der Waals surface area contributed by atoms with Crippen LogP contribution in [0.3, 0.4) is 0 Å². The quantitative estimate of drug-likeness (QED) is 0.417. The summed E-state index contributed by atoms with van der Waals surface area (Å²) in [6.07, 6.45) is 0. The summed E-state index contributed by atoms with van der Waals surface area (Å²) in [5.74, 6) is -6.44. The van der Waals surface area contributed by atoms with Gasteiger partial charge >= 0.3 is 0 Å². The van der Waals surface area contributed by atoms with Gasteiger partial charge in [-0.15, -0.1) is 0 Å². The zero-order chi connectivity index (χ0) is 14.2. The molecule has 6 heteroatoms. The molecule has 100 valence electrons. The zero-order valence-corrected chi connectivity index (χ0v) is 10.8. The molecule has 1 atom stereocenters. The van der Waals surface area contributed by atoms with Gasteiger partial charge in [0.1, 0.15) is 0 Å². The van der Waals surface area contributed by atoms with Crippen LogP contribution in [0.4, 0.5) is 22.0 Å². The Balaban J connectivity index is 2.47. The van der Waals surface area contributed by atoms with Gasteiger partial charge in [-0.25, -0.2) is 22.0 Å². The lowest BCUT2D eigenvalue weighted by Crippen LogP contribution is -2.02. The molecular weight excluding hydrogens is 331 g/mol. The van der Waals surface area contributed by atoms with E-state index in [9.17, 15) is 22.0 Å². The van der Waals surface area contributed by atoms with E-state index in [-0.39, 0.29) is 11.1 Å². The second kappa shape index (κ2) is 5.28. The van der Waals surface area contributed by atoms with Crippen molar-refractivity contribution in [3.63, 3.8) is 0 Å². The third-order valence-corrected chi connectivity index (χ3v) is 3.60. The van der Waals surface area contributed by atoms with E-state index >= 15 is 0 Å². The van der Waals surface area contributed by atoms with Crippen molar-refractivity contribution in [1.29, 1.82) is 0 Å². The standard InChI is InChI=1S/C13H6BrF5/c14-11(6-1-3-8(15)10(17)5-6)7-2-4-9(16)13(19)12(7)18/h1-5,11H. The third kappa shape index (κ3) is 2.63. The molecule has 19 heavy (non-hydrogen) atoms. The molecule has 0 N–H and O–H groups in total. The maximum Gasteiger partial charge on any atom is 0.194 e. The number of rotatable bonds is 2. The molecular formula is C13H6BrF5. The molecule has 0 aliphatic rings. The minimum atomic E-state index is -1.61. The van der Waals surface area contributed by atoms with E-state index in [1.807, 2.05) is 0 Å². The fraction of sp³-hybridized carbons (Fsp3) is 0.0769. The molecule has 0 aliphatic carbocycles. The predicted molar refractivity (Wildman–Crippen MR) is 63.4 cm³/mol. The van der Waals surface area contributed by atoms with Crippen LogP contribution in [0.5, 0.6) is 0 Å². The molecule has 0 nitrogen and oxygen atoms in total. The highest BCUT2D eigenvalue weighted by Crippen LogP contribution is 2.34. The van der Waals surface area contributed by atoms with E-state index in [0.29, 0.717) is 0 Å². The van der Waals surface area contributed by atoms with Gasteiger partial charge in [0, 0.05) is 5.56 Å². The highest BCUT2D eigenvalue weighted by Gasteiger charge is 2.21. The molecule has 0 fully saturated rings. The molecule has 2 aromatic carbocycles. The van der Waals surface area contributed by atoms with Gasteiger partial charge in [0.05, 0.1) is 4.83 Å². The monoisotopic (exact) mass is 336 g/mol. The summed E-state index contributed by atoms with van der Waals surface area (Å²) in [6, 6.07) is 4.75. The summed E-state index contributed by atoms with van der Waals surface area (Å²) in [7, 11) is 0. The molecule has 0 spiro atoms. The number of benzene rings is 2. The second-order valence-electron chi connectivity index (χ2n) is 3.80. The van der Waals surface area contributed by atoms with E-state index in [2.05, 4.69) is 15.9 Å². The smallest absolute Gasteiger partial charge is 0.194 e. The molecule has 0 aliphatic heterocycles. The number of alkyl halides is 1. The van der Waals surface area contributed by atoms with Gasteiger partial charge in [0.25, 0.3) is 0 Å². The lowest BCUT2D eigenvalue weighted by Gasteiger charge is -2.12. The maximum atomic E-state index is 13.6. The first-order valence-corrected chi connectivity index (χ1v) is 6.05. The summed E-state index contributed by atoms with van der Waals surface area (Å²) < 4.78 is 65.3. The molecule has 0 saturated heterocycles. The summed E-state index contributed by atoms with van der Waals surface area (Å²) >= 11 is 3.04. The molecule has 0 aromatic heterocycles. The van der Waals surface area contributed by atoms with Crippen LogP contribution < -0.4 is 0 Å². The van der Waals surface area contributed by atoms with E-state index in [0.717, 1.165) is 24.3 Å². The minimum Gasteiger partial charge on any atom is -0.204 e. The Morgan fingerprint density at radius 3 is 2.00 bits per heavy atom. The Hall–Kier alpha value is -1.43. The molecule has 1 unspecified atom stereocenters. The van der Waals surface area contributed by atoms with Gasteiger partial charge in [0.2, 0.25) is 0 Å². The maximum absolute atomic E-state index is 13.6. The summed E-state index contributed by atoms with van der Waals surface area (Å²) in [5.41, 5.74) is -0.0197. The van der Waals surface area contributed by atoms with Crippen molar-refractivity contribution in [2.45, 2.75) is 4.83 Å². The van der Waals surface area contributed by atoms with Gasteiger partial charge in [-0.2, -0.15) is 0 Å². The van der Waals surface area contributed by atoms with Crippen LogP contribution in [0.2, 0.25) is 0 Å². The van der Waals surface area contributed by atoms with Gasteiger partial charge < -0.3 is 0 Å². The Morgan fingerprint density at radius 2 is 1.37 bits per heavy atom. The van der Waals surface area contributed by atoms with Crippen molar-refractivity contribution < 1.29 is 22.0 Å². The molecule has 0 saturated carbocycles. The first-order valence-electron chi connectivity index (χ1n) is 5.14.